The molecule has 1 aliphatic rings. The van der Waals surface area contributed by atoms with Crippen LogP contribution >= 0.6 is 23.4 Å². The summed E-state index contributed by atoms with van der Waals surface area (Å²) in [5, 5.41) is 4.07. The van der Waals surface area contributed by atoms with Gasteiger partial charge in [-0.25, -0.2) is 14.6 Å². The highest BCUT2D eigenvalue weighted by Gasteiger charge is 2.17. The van der Waals surface area contributed by atoms with Crippen molar-refractivity contribution in [3.05, 3.63) is 35.2 Å². The average Bonchev–Trinajstić information content (AvgIpc) is 2.32. The summed E-state index contributed by atoms with van der Waals surface area (Å²) in [4.78, 5) is 11.4. The van der Waals surface area contributed by atoms with E-state index in [1.165, 1.54) is 30.1 Å². The van der Waals surface area contributed by atoms with Crippen molar-refractivity contribution in [1.29, 1.82) is 0 Å². The Balaban J connectivity index is 2.30. The predicted molar refractivity (Wildman–Crippen MR) is 71.1 cm³/mol. The number of rotatable bonds is 2. The minimum absolute atomic E-state index is 0.346. The topological polar surface area (TPSA) is 67.5 Å². The first-order valence-electron chi connectivity index (χ1n) is 4.98. The van der Waals surface area contributed by atoms with Crippen LogP contribution in [0.25, 0.3) is 5.03 Å². The van der Waals surface area contributed by atoms with Gasteiger partial charge in [-0.3, -0.25) is 0 Å². The molecule has 94 valence electrons. The maximum absolute atomic E-state index is 13.2. The van der Waals surface area contributed by atoms with Crippen LogP contribution in [0.5, 0.6) is 0 Å². The van der Waals surface area contributed by atoms with E-state index in [0.717, 1.165) is 4.90 Å². The molecule has 0 unspecified atom stereocenters. The number of benzene rings is 1. The molecule has 0 aromatic heterocycles. The summed E-state index contributed by atoms with van der Waals surface area (Å²) in [7, 11) is 0. The summed E-state index contributed by atoms with van der Waals surface area (Å²) in [6, 6.07) is 3.70. The standard InChI is InChI=1S/C11H9ClFN3OS/c12-10-6(4-15-16-11(14)17)5-18-9-2-1-7(13)3-8(9)10/h1-4H,5H2,(H3,14,16,17). The Morgan fingerprint density at radius 1 is 1.61 bits per heavy atom. The SMILES string of the molecule is NC(=O)NN=CC1=C(Cl)c2cc(F)ccc2SC1. The Hall–Kier alpha value is -1.53. The molecule has 0 atom stereocenters. The number of hydrogen-bond acceptors (Lipinski definition) is 3. The lowest BCUT2D eigenvalue weighted by Crippen LogP contribution is -2.24. The molecule has 0 fully saturated rings. The van der Waals surface area contributed by atoms with Gasteiger partial charge in [-0.2, -0.15) is 5.10 Å². The van der Waals surface area contributed by atoms with Gasteiger partial charge in [0.15, 0.2) is 0 Å². The number of fused-ring (bicyclic) bond motifs is 1. The van der Waals surface area contributed by atoms with E-state index >= 15 is 0 Å². The number of urea groups is 1. The fourth-order valence-corrected chi connectivity index (χ4v) is 2.88. The molecular weight excluding hydrogens is 277 g/mol. The molecule has 0 radical (unpaired) electrons. The van der Waals surface area contributed by atoms with Crippen LogP contribution in [0.1, 0.15) is 5.56 Å². The lowest BCUT2D eigenvalue weighted by atomic mass is 10.1. The van der Waals surface area contributed by atoms with E-state index in [2.05, 4.69) is 10.5 Å². The zero-order chi connectivity index (χ0) is 13.1. The predicted octanol–water partition coefficient (Wildman–Crippen LogP) is 2.54. The summed E-state index contributed by atoms with van der Waals surface area (Å²) in [6.45, 7) is 0. The van der Waals surface area contributed by atoms with Gasteiger partial charge in [-0.15, -0.1) is 11.8 Å². The number of halogens is 2. The largest absolute Gasteiger partial charge is 0.350 e. The third-order valence-electron chi connectivity index (χ3n) is 2.24. The third-order valence-corrected chi connectivity index (χ3v) is 3.81. The molecule has 3 N–H and O–H groups in total. The van der Waals surface area contributed by atoms with Crippen LogP contribution in [0.2, 0.25) is 0 Å². The van der Waals surface area contributed by atoms with Crippen LogP contribution < -0.4 is 11.2 Å². The van der Waals surface area contributed by atoms with Crippen molar-refractivity contribution in [2.75, 3.05) is 5.75 Å². The fourth-order valence-electron chi connectivity index (χ4n) is 1.46. The van der Waals surface area contributed by atoms with Crippen molar-refractivity contribution in [3.63, 3.8) is 0 Å². The Morgan fingerprint density at radius 2 is 2.39 bits per heavy atom. The Kier molecular flexibility index (Phi) is 3.88. The van der Waals surface area contributed by atoms with Crippen LogP contribution in [0, 0.1) is 5.82 Å². The van der Waals surface area contributed by atoms with Gasteiger partial charge in [0.25, 0.3) is 0 Å². The summed E-state index contributed by atoms with van der Waals surface area (Å²) in [5.41, 5.74) is 8.29. The third kappa shape index (κ3) is 2.83. The normalized spacial score (nSPS) is 14.8. The van der Waals surface area contributed by atoms with Crippen LogP contribution in [0.3, 0.4) is 0 Å². The molecule has 18 heavy (non-hydrogen) atoms. The zero-order valence-corrected chi connectivity index (χ0v) is 10.7. The first-order chi connectivity index (χ1) is 8.58. The van der Waals surface area contributed by atoms with Gasteiger partial charge in [0, 0.05) is 21.8 Å². The number of nitrogens with one attached hydrogen (secondary N) is 1. The molecule has 1 aromatic carbocycles. The van der Waals surface area contributed by atoms with Crippen LogP contribution in [-0.2, 0) is 0 Å². The van der Waals surface area contributed by atoms with Gasteiger partial charge < -0.3 is 5.73 Å². The smallest absolute Gasteiger partial charge is 0.332 e. The van der Waals surface area contributed by atoms with E-state index in [4.69, 9.17) is 17.3 Å². The van der Waals surface area contributed by atoms with Crippen molar-refractivity contribution in [2.24, 2.45) is 10.8 Å². The lowest BCUT2D eigenvalue weighted by Gasteiger charge is -2.16. The molecule has 0 bridgehead atoms. The first-order valence-corrected chi connectivity index (χ1v) is 6.34. The number of carbonyl (C=O) groups is 1. The van der Waals surface area contributed by atoms with E-state index < -0.39 is 6.03 Å². The van der Waals surface area contributed by atoms with E-state index in [0.29, 0.717) is 21.9 Å². The highest BCUT2D eigenvalue weighted by Crippen LogP contribution is 2.38. The molecule has 0 saturated carbocycles. The van der Waals surface area contributed by atoms with Crippen LogP contribution in [-0.4, -0.2) is 18.0 Å². The second kappa shape index (κ2) is 5.41. The Morgan fingerprint density at radius 3 is 3.11 bits per heavy atom. The van der Waals surface area contributed by atoms with Gasteiger partial charge >= 0.3 is 6.03 Å². The molecule has 1 aromatic rings. The number of thioether (sulfide) groups is 1. The molecular formula is C11H9ClFN3OS. The first kappa shape index (κ1) is 12.9. The second-order valence-electron chi connectivity index (χ2n) is 3.50. The Bertz CT molecular complexity index is 559. The Labute approximate surface area is 112 Å². The van der Waals surface area contributed by atoms with Gasteiger partial charge in [-0.1, -0.05) is 11.6 Å². The highest BCUT2D eigenvalue weighted by molar-refractivity contribution is 7.99. The maximum atomic E-state index is 13.2. The van der Waals surface area contributed by atoms with Crippen molar-refractivity contribution >= 4 is 40.6 Å². The summed E-state index contributed by atoms with van der Waals surface area (Å²) in [5.74, 6) is 0.252. The molecule has 0 saturated heterocycles. The quantitative estimate of drug-likeness (QED) is 0.648. The van der Waals surface area contributed by atoms with Crippen LogP contribution in [0.15, 0.2) is 33.8 Å². The molecule has 2 amide bonds. The summed E-state index contributed by atoms with van der Waals surface area (Å²) in [6.07, 6.45) is 1.41. The molecule has 4 nitrogen and oxygen atoms in total. The number of nitrogens with two attached hydrogens (primary N) is 1. The fraction of sp³-hybridized carbons (Fsp3) is 0.0909. The van der Waals surface area contributed by atoms with Crippen molar-refractivity contribution < 1.29 is 9.18 Å². The van der Waals surface area contributed by atoms with Gasteiger partial charge in [0.05, 0.1) is 11.2 Å². The molecule has 0 spiro atoms. The number of hydrogen-bond donors (Lipinski definition) is 2. The highest BCUT2D eigenvalue weighted by atomic mass is 35.5. The maximum Gasteiger partial charge on any atom is 0.332 e. The van der Waals surface area contributed by atoms with Gasteiger partial charge in [-0.05, 0) is 18.2 Å². The molecule has 1 heterocycles. The number of hydrazone groups is 1. The number of carbonyl (C=O) groups excluding carboxylic acids is 1. The minimum Gasteiger partial charge on any atom is -0.350 e. The van der Waals surface area contributed by atoms with Gasteiger partial charge in [0.1, 0.15) is 5.82 Å². The minimum atomic E-state index is -0.752. The molecule has 7 heteroatoms. The van der Waals surface area contributed by atoms with E-state index in [9.17, 15) is 9.18 Å². The molecule has 2 rings (SSSR count). The van der Waals surface area contributed by atoms with E-state index in [1.54, 1.807) is 6.07 Å². The summed E-state index contributed by atoms with van der Waals surface area (Å²) >= 11 is 7.69. The molecule has 0 aliphatic carbocycles. The molecule has 1 aliphatic heterocycles. The summed E-state index contributed by atoms with van der Waals surface area (Å²) < 4.78 is 13.2. The van der Waals surface area contributed by atoms with Gasteiger partial charge in [0.2, 0.25) is 0 Å². The van der Waals surface area contributed by atoms with Crippen molar-refractivity contribution in [2.45, 2.75) is 4.90 Å². The van der Waals surface area contributed by atoms with Crippen molar-refractivity contribution in [3.8, 4) is 0 Å². The van der Waals surface area contributed by atoms with E-state index in [-0.39, 0.29) is 5.82 Å². The monoisotopic (exact) mass is 285 g/mol. The van der Waals surface area contributed by atoms with Crippen molar-refractivity contribution in [1.82, 2.24) is 5.43 Å². The number of nitrogens with zero attached hydrogens (tertiary/aromatic N) is 1. The average molecular weight is 286 g/mol. The second-order valence-corrected chi connectivity index (χ2v) is 4.90. The number of primary amides is 1. The number of amides is 2. The van der Waals surface area contributed by atoms with Crippen LogP contribution in [0.4, 0.5) is 9.18 Å². The lowest BCUT2D eigenvalue weighted by molar-refractivity contribution is 0.249. The zero-order valence-electron chi connectivity index (χ0n) is 9.11. The van der Waals surface area contributed by atoms with E-state index in [1.807, 2.05) is 0 Å².